The second-order valence-electron chi connectivity index (χ2n) is 10.8. The van der Waals surface area contributed by atoms with Crippen LogP contribution in [0.1, 0.15) is 39.5 Å². The number of hydrogen-bond donors (Lipinski definition) is 2. The molecule has 0 aliphatic heterocycles. The molecule has 4 aromatic rings. The largest absolute Gasteiger partial charge is 0.481 e. The molecule has 0 heterocycles. The molecule has 0 bridgehead atoms. The van der Waals surface area contributed by atoms with Gasteiger partial charge in [-0.1, -0.05) is 97.8 Å². The van der Waals surface area contributed by atoms with Gasteiger partial charge in [0.25, 0.3) is 11.8 Å². The highest BCUT2D eigenvalue weighted by Crippen LogP contribution is 2.25. The van der Waals surface area contributed by atoms with Crippen LogP contribution in [0.15, 0.2) is 109 Å². The van der Waals surface area contributed by atoms with E-state index in [0.717, 1.165) is 47.9 Å². The standard InChI is InChI=1S/C36H38N2O4/c1-25(41-31-21-17-29(18-22-31)27-11-5-3-6-12-27)35(39)37-33-15-9-10-16-34(33)38-36(40)26(2)42-32-23-19-30(20-24-32)28-13-7-4-8-14-28/h3-8,11-14,17-26,33-34H,9-10,15-16H2,1-2H3,(H,37,39)(H,38,40). The lowest BCUT2D eigenvalue weighted by Gasteiger charge is -2.34. The van der Waals surface area contributed by atoms with Gasteiger partial charge in [0.1, 0.15) is 11.5 Å². The Labute approximate surface area is 248 Å². The molecule has 6 nitrogen and oxygen atoms in total. The second-order valence-corrected chi connectivity index (χ2v) is 10.8. The smallest absolute Gasteiger partial charge is 0.261 e. The molecule has 1 aliphatic rings. The fourth-order valence-corrected chi connectivity index (χ4v) is 5.30. The lowest BCUT2D eigenvalue weighted by atomic mass is 9.90. The maximum absolute atomic E-state index is 13.1. The van der Waals surface area contributed by atoms with Gasteiger partial charge in [-0.2, -0.15) is 0 Å². The summed E-state index contributed by atoms with van der Waals surface area (Å²) in [7, 11) is 0. The lowest BCUT2D eigenvalue weighted by Crippen LogP contribution is -2.56. The van der Waals surface area contributed by atoms with Crippen LogP contribution >= 0.6 is 0 Å². The zero-order valence-electron chi connectivity index (χ0n) is 24.2. The van der Waals surface area contributed by atoms with E-state index in [9.17, 15) is 9.59 Å². The summed E-state index contributed by atoms with van der Waals surface area (Å²) in [4.78, 5) is 26.1. The van der Waals surface area contributed by atoms with Gasteiger partial charge in [0.15, 0.2) is 12.2 Å². The summed E-state index contributed by atoms with van der Waals surface area (Å²) in [6, 6.07) is 35.4. The fourth-order valence-electron chi connectivity index (χ4n) is 5.30. The van der Waals surface area contributed by atoms with E-state index >= 15 is 0 Å². The summed E-state index contributed by atoms with van der Waals surface area (Å²) in [5, 5.41) is 6.25. The molecular weight excluding hydrogens is 524 g/mol. The minimum absolute atomic E-state index is 0.168. The molecule has 42 heavy (non-hydrogen) atoms. The van der Waals surface area contributed by atoms with Crippen LogP contribution in [-0.4, -0.2) is 36.1 Å². The Bertz CT molecular complexity index is 1330. The first-order valence-corrected chi connectivity index (χ1v) is 14.7. The Morgan fingerprint density at radius 3 is 1.24 bits per heavy atom. The van der Waals surface area contributed by atoms with Gasteiger partial charge < -0.3 is 20.1 Å². The van der Waals surface area contributed by atoms with Gasteiger partial charge >= 0.3 is 0 Å². The van der Waals surface area contributed by atoms with Gasteiger partial charge in [0.2, 0.25) is 0 Å². The third-order valence-electron chi connectivity index (χ3n) is 7.71. The highest BCUT2D eigenvalue weighted by atomic mass is 16.5. The maximum Gasteiger partial charge on any atom is 0.261 e. The molecule has 2 amide bonds. The average molecular weight is 563 g/mol. The van der Waals surface area contributed by atoms with Gasteiger partial charge in [-0.3, -0.25) is 9.59 Å². The van der Waals surface area contributed by atoms with Crippen molar-refractivity contribution in [1.82, 2.24) is 10.6 Å². The molecule has 4 aromatic carbocycles. The summed E-state index contributed by atoms with van der Waals surface area (Å²) in [6.07, 6.45) is 2.23. The van der Waals surface area contributed by atoms with Crippen LogP contribution in [-0.2, 0) is 9.59 Å². The Hall–Kier alpha value is -4.58. The summed E-state index contributed by atoms with van der Waals surface area (Å²) in [5.41, 5.74) is 4.42. The quantitative estimate of drug-likeness (QED) is 0.223. The molecule has 0 radical (unpaired) electrons. The molecule has 1 fully saturated rings. The van der Waals surface area contributed by atoms with Gasteiger partial charge in [0.05, 0.1) is 0 Å². The number of nitrogens with one attached hydrogen (secondary N) is 2. The highest BCUT2D eigenvalue weighted by molar-refractivity contribution is 5.82. The molecule has 0 saturated heterocycles. The Balaban J connectivity index is 1.12. The second kappa shape index (κ2) is 13.9. The number of hydrogen-bond acceptors (Lipinski definition) is 4. The molecule has 4 atom stereocenters. The van der Waals surface area contributed by atoms with Gasteiger partial charge in [-0.15, -0.1) is 0 Å². The van der Waals surface area contributed by atoms with Crippen molar-refractivity contribution in [2.45, 2.75) is 63.8 Å². The zero-order chi connectivity index (χ0) is 29.3. The number of ether oxygens (including phenoxy) is 2. The predicted molar refractivity (Wildman–Crippen MR) is 166 cm³/mol. The first kappa shape index (κ1) is 28.9. The van der Waals surface area contributed by atoms with E-state index in [2.05, 4.69) is 34.9 Å². The van der Waals surface area contributed by atoms with Crippen LogP contribution in [0.5, 0.6) is 11.5 Å². The van der Waals surface area contributed by atoms with E-state index in [0.29, 0.717) is 11.5 Å². The topological polar surface area (TPSA) is 76.7 Å². The van der Waals surface area contributed by atoms with E-state index in [4.69, 9.17) is 9.47 Å². The van der Waals surface area contributed by atoms with Gasteiger partial charge in [-0.05, 0) is 73.2 Å². The van der Waals surface area contributed by atoms with E-state index in [-0.39, 0.29) is 23.9 Å². The van der Waals surface area contributed by atoms with Crippen molar-refractivity contribution in [2.75, 3.05) is 0 Å². The van der Waals surface area contributed by atoms with Crippen LogP contribution < -0.4 is 20.1 Å². The van der Waals surface area contributed by atoms with Crippen LogP contribution in [0.4, 0.5) is 0 Å². The first-order chi connectivity index (χ1) is 20.5. The first-order valence-electron chi connectivity index (χ1n) is 14.7. The minimum Gasteiger partial charge on any atom is -0.481 e. The normalized spacial score (nSPS) is 17.9. The molecule has 4 unspecified atom stereocenters. The van der Waals surface area contributed by atoms with Crippen molar-refractivity contribution in [2.24, 2.45) is 0 Å². The van der Waals surface area contributed by atoms with Gasteiger partial charge in [0, 0.05) is 12.1 Å². The molecule has 216 valence electrons. The molecule has 0 spiro atoms. The number of carbonyl (C=O) groups is 2. The Morgan fingerprint density at radius 1 is 0.548 bits per heavy atom. The van der Waals surface area contributed by atoms with Crippen molar-refractivity contribution >= 4 is 11.8 Å². The van der Waals surface area contributed by atoms with Crippen molar-refractivity contribution in [1.29, 1.82) is 0 Å². The van der Waals surface area contributed by atoms with Crippen molar-refractivity contribution < 1.29 is 19.1 Å². The van der Waals surface area contributed by atoms with Crippen LogP contribution in [0.25, 0.3) is 22.3 Å². The number of benzene rings is 4. The third-order valence-corrected chi connectivity index (χ3v) is 7.71. The molecular formula is C36H38N2O4. The minimum atomic E-state index is -0.674. The van der Waals surface area contributed by atoms with Crippen molar-refractivity contribution in [3.63, 3.8) is 0 Å². The third kappa shape index (κ3) is 7.58. The number of rotatable bonds is 10. The zero-order valence-corrected chi connectivity index (χ0v) is 24.2. The van der Waals surface area contributed by atoms with Crippen molar-refractivity contribution in [3.8, 4) is 33.8 Å². The van der Waals surface area contributed by atoms with Crippen LogP contribution in [0.2, 0.25) is 0 Å². The van der Waals surface area contributed by atoms with Crippen LogP contribution in [0, 0.1) is 0 Å². The molecule has 5 rings (SSSR count). The summed E-state index contributed by atoms with van der Waals surface area (Å²) < 4.78 is 11.9. The van der Waals surface area contributed by atoms with E-state index < -0.39 is 12.2 Å². The highest BCUT2D eigenvalue weighted by Gasteiger charge is 2.31. The fraction of sp³-hybridized carbons (Fsp3) is 0.278. The maximum atomic E-state index is 13.1. The van der Waals surface area contributed by atoms with E-state index in [1.165, 1.54) is 0 Å². The van der Waals surface area contributed by atoms with E-state index in [1.54, 1.807) is 13.8 Å². The summed E-state index contributed by atoms with van der Waals surface area (Å²) >= 11 is 0. The summed E-state index contributed by atoms with van der Waals surface area (Å²) in [6.45, 7) is 3.49. The Morgan fingerprint density at radius 2 is 0.881 bits per heavy atom. The molecule has 1 aliphatic carbocycles. The molecule has 0 aromatic heterocycles. The SMILES string of the molecule is CC(Oc1ccc(-c2ccccc2)cc1)C(=O)NC1CCCCC1NC(=O)C(C)Oc1ccc(-c2ccccc2)cc1. The lowest BCUT2D eigenvalue weighted by molar-refractivity contribution is -0.131. The average Bonchev–Trinajstić information content (AvgIpc) is 3.03. The Kier molecular flexibility index (Phi) is 9.55. The molecule has 2 N–H and O–H groups in total. The molecule has 6 heteroatoms. The van der Waals surface area contributed by atoms with Gasteiger partial charge in [-0.25, -0.2) is 0 Å². The summed E-state index contributed by atoms with van der Waals surface area (Å²) in [5.74, 6) is 0.870. The molecule has 1 saturated carbocycles. The monoisotopic (exact) mass is 562 g/mol. The number of amides is 2. The van der Waals surface area contributed by atoms with Crippen LogP contribution in [0.3, 0.4) is 0 Å². The van der Waals surface area contributed by atoms with Crippen molar-refractivity contribution in [3.05, 3.63) is 109 Å². The van der Waals surface area contributed by atoms with E-state index in [1.807, 2.05) is 84.9 Å². The predicted octanol–water partition coefficient (Wildman–Crippen LogP) is 6.80. The number of carbonyl (C=O) groups excluding carboxylic acids is 2.